The number of pyridine rings is 1. The number of nitrogens with one attached hydrogen (secondary N) is 1. The predicted molar refractivity (Wildman–Crippen MR) is 151 cm³/mol. The van der Waals surface area contributed by atoms with Gasteiger partial charge in [-0.3, -0.25) is 4.98 Å². The number of ether oxygens (including phenoxy) is 5. The number of aryl methyl sites for hydroxylation is 1. The molecule has 3 aromatic carbocycles. The highest BCUT2D eigenvalue weighted by Crippen LogP contribution is 2.36. The summed E-state index contributed by atoms with van der Waals surface area (Å²) in [6, 6.07) is 19.5. The number of hydrogen-bond donors (Lipinski definition) is 1. The molecule has 0 radical (unpaired) electrons. The molecule has 0 aliphatic rings. The minimum Gasteiger partial charge on any atom is -0.487 e. The maximum absolute atomic E-state index is 6.25. The molecule has 0 atom stereocenters. The van der Waals surface area contributed by atoms with Gasteiger partial charge in [0.15, 0.2) is 17.2 Å². The average Bonchev–Trinajstić information content (AvgIpc) is 2.95. The van der Waals surface area contributed by atoms with Crippen molar-refractivity contribution in [3.8, 4) is 23.0 Å². The maximum atomic E-state index is 6.25. The van der Waals surface area contributed by atoms with Crippen molar-refractivity contribution >= 4 is 33.3 Å². The number of nitrogens with zero attached hydrogens (tertiary/aromatic N) is 3. The Balaban J connectivity index is 1.40. The van der Waals surface area contributed by atoms with E-state index in [1.807, 2.05) is 67.6 Å². The quantitative estimate of drug-likeness (QED) is 0.194. The van der Waals surface area contributed by atoms with Crippen molar-refractivity contribution in [1.29, 1.82) is 0 Å². The van der Waals surface area contributed by atoms with Crippen LogP contribution in [0, 0.1) is 6.92 Å². The van der Waals surface area contributed by atoms with Crippen LogP contribution in [0.5, 0.6) is 23.0 Å². The van der Waals surface area contributed by atoms with E-state index >= 15 is 0 Å². The van der Waals surface area contributed by atoms with Crippen molar-refractivity contribution in [2.75, 3.05) is 46.0 Å². The molecule has 9 nitrogen and oxygen atoms in total. The Bertz CT molecular complexity index is 1570. The highest BCUT2D eigenvalue weighted by molar-refractivity contribution is 5.93. The molecule has 9 heteroatoms. The Morgan fingerprint density at radius 2 is 1.49 bits per heavy atom. The lowest BCUT2D eigenvalue weighted by atomic mass is 10.1. The Morgan fingerprint density at radius 3 is 2.26 bits per heavy atom. The van der Waals surface area contributed by atoms with Crippen molar-refractivity contribution in [3.63, 3.8) is 0 Å². The molecule has 0 fully saturated rings. The van der Waals surface area contributed by atoms with Crippen LogP contribution in [0.2, 0.25) is 0 Å². The molecule has 0 aliphatic heterocycles. The summed E-state index contributed by atoms with van der Waals surface area (Å²) in [5, 5.41) is 5.24. The van der Waals surface area contributed by atoms with Gasteiger partial charge in [-0.05, 0) is 48.9 Å². The zero-order valence-electron chi connectivity index (χ0n) is 22.1. The van der Waals surface area contributed by atoms with E-state index in [-0.39, 0.29) is 0 Å². The third-order valence-corrected chi connectivity index (χ3v) is 6.04. The van der Waals surface area contributed by atoms with E-state index in [1.165, 1.54) is 6.33 Å². The molecular weight excluding hydrogens is 496 g/mol. The summed E-state index contributed by atoms with van der Waals surface area (Å²) in [7, 11) is 3.26. The monoisotopic (exact) mass is 526 g/mol. The Hall–Kier alpha value is -4.47. The lowest BCUT2D eigenvalue weighted by Crippen LogP contribution is -2.09. The first-order chi connectivity index (χ1) is 19.2. The second-order valence-corrected chi connectivity index (χ2v) is 8.76. The molecule has 1 N–H and O–H groups in total. The van der Waals surface area contributed by atoms with Gasteiger partial charge in [0.05, 0.1) is 18.7 Å². The van der Waals surface area contributed by atoms with Gasteiger partial charge in [-0.25, -0.2) is 9.97 Å². The van der Waals surface area contributed by atoms with E-state index in [0.717, 1.165) is 38.8 Å². The van der Waals surface area contributed by atoms with Gasteiger partial charge < -0.3 is 29.0 Å². The molecule has 0 saturated carbocycles. The minimum absolute atomic E-state index is 0.381. The molecule has 39 heavy (non-hydrogen) atoms. The van der Waals surface area contributed by atoms with Gasteiger partial charge >= 0.3 is 0 Å². The first-order valence-corrected chi connectivity index (χ1v) is 12.6. The Labute approximate surface area is 226 Å². The summed E-state index contributed by atoms with van der Waals surface area (Å²) >= 11 is 0. The number of aromatic nitrogens is 3. The zero-order valence-corrected chi connectivity index (χ0v) is 22.1. The number of fused-ring (bicyclic) bond motifs is 2. The third kappa shape index (κ3) is 6.17. The highest BCUT2D eigenvalue weighted by Gasteiger charge is 2.14. The number of methoxy groups -OCH3 is 2. The summed E-state index contributed by atoms with van der Waals surface area (Å²) in [5.74, 6) is 3.27. The van der Waals surface area contributed by atoms with Gasteiger partial charge in [0.25, 0.3) is 0 Å². The van der Waals surface area contributed by atoms with Crippen LogP contribution < -0.4 is 19.5 Å². The van der Waals surface area contributed by atoms with Crippen LogP contribution >= 0.6 is 0 Å². The molecule has 0 unspecified atom stereocenters. The third-order valence-electron chi connectivity index (χ3n) is 6.04. The van der Waals surface area contributed by atoms with Crippen molar-refractivity contribution in [3.05, 3.63) is 78.8 Å². The minimum atomic E-state index is 0.381. The number of anilines is 2. The molecule has 0 aliphatic carbocycles. The number of rotatable bonds is 12. The standard InChI is InChI=1S/C30H30N4O5/c1-20-16-22(9-10-25(20)39-26-8-4-6-21-7-5-11-31-29(21)26)34-30-23-17-27(37-14-12-35-2)28(38-15-13-36-3)18-24(23)32-19-33-30/h4-11,16-19H,12-15H2,1-3H3,(H,32,33,34). The van der Waals surface area contributed by atoms with Gasteiger partial charge in [0, 0.05) is 42.9 Å². The van der Waals surface area contributed by atoms with E-state index in [9.17, 15) is 0 Å². The smallest absolute Gasteiger partial charge is 0.163 e. The molecule has 0 bridgehead atoms. The second kappa shape index (κ2) is 12.4. The number of benzene rings is 3. The van der Waals surface area contributed by atoms with Gasteiger partial charge in [-0.15, -0.1) is 0 Å². The van der Waals surface area contributed by atoms with Crippen LogP contribution in [0.15, 0.2) is 73.2 Å². The first kappa shape index (κ1) is 26.1. The molecule has 0 amide bonds. The molecular formula is C30H30N4O5. The highest BCUT2D eigenvalue weighted by atomic mass is 16.5. The van der Waals surface area contributed by atoms with Crippen molar-refractivity contribution in [2.24, 2.45) is 0 Å². The predicted octanol–water partition coefficient (Wildman–Crippen LogP) is 6.07. The fourth-order valence-electron chi connectivity index (χ4n) is 4.11. The largest absolute Gasteiger partial charge is 0.487 e. The molecule has 2 heterocycles. The van der Waals surface area contributed by atoms with Crippen LogP contribution in [0.25, 0.3) is 21.8 Å². The number of hydrogen-bond acceptors (Lipinski definition) is 9. The molecule has 5 aromatic rings. The van der Waals surface area contributed by atoms with Crippen LogP contribution in [0.4, 0.5) is 11.5 Å². The lowest BCUT2D eigenvalue weighted by Gasteiger charge is -2.16. The van der Waals surface area contributed by atoms with E-state index in [0.29, 0.717) is 49.5 Å². The van der Waals surface area contributed by atoms with Gasteiger partial charge in [-0.1, -0.05) is 18.2 Å². The van der Waals surface area contributed by atoms with Crippen LogP contribution in [-0.4, -0.2) is 55.6 Å². The lowest BCUT2D eigenvalue weighted by molar-refractivity contribution is 0.132. The molecule has 0 spiro atoms. The fraction of sp³-hybridized carbons (Fsp3) is 0.233. The molecule has 2 aromatic heterocycles. The zero-order chi connectivity index (χ0) is 27.0. The summed E-state index contributed by atoms with van der Waals surface area (Å²) in [6.07, 6.45) is 3.29. The fourth-order valence-corrected chi connectivity index (χ4v) is 4.11. The molecule has 200 valence electrons. The second-order valence-electron chi connectivity index (χ2n) is 8.76. The van der Waals surface area contributed by atoms with Crippen LogP contribution in [-0.2, 0) is 9.47 Å². The first-order valence-electron chi connectivity index (χ1n) is 12.6. The van der Waals surface area contributed by atoms with Crippen LogP contribution in [0.1, 0.15) is 5.56 Å². The maximum Gasteiger partial charge on any atom is 0.163 e. The summed E-state index contributed by atoms with van der Waals surface area (Å²) in [4.78, 5) is 13.4. The van der Waals surface area contributed by atoms with Crippen molar-refractivity contribution in [1.82, 2.24) is 15.0 Å². The average molecular weight is 527 g/mol. The normalized spacial score (nSPS) is 11.1. The van der Waals surface area contributed by atoms with E-state index < -0.39 is 0 Å². The Kier molecular flexibility index (Phi) is 8.30. The topological polar surface area (TPSA) is 96.9 Å². The van der Waals surface area contributed by atoms with E-state index in [4.69, 9.17) is 23.7 Å². The van der Waals surface area contributed by atoms with Crippen LogP contribution in [0.3, 0.4) is 0 Å². The van der Waals surface area contributed by atoms with Crippen molar-refractivity contribution < 1.29 is 23.7 Å². The summed E-state index contributed by atoms with van der Waals surface area (Å²) in [5.41, 5.74) is 3.36. The summed E-state index contributed by atoms with van der Waals surface area (Å²) in [6.45, 7) is 3.69. The van der Waals surface area contributed by atoms with Gasteiger partial charge in [-0.2, -0.15) is 0 Å². The van der Waals surface area contributed by atoms with Gasteiger partial charge in [0.2, 0.25) is 0 Å². The van der Waals surface area contributed by atoms with E-state index in [1.54, 1.807) is 20.4 Å². The SMILES string of the molecule is COCCOc1cc2ncnc(Nc3ccc(Oc4cccc5cccnc45)c(C)c3)c2cc1OCCOC. The van der Waals surface area contributed by atoms with E-state index in [2.05, 4.69) is 20.3 Å². The summed E-state index contributed by atoms with van der Waals surface area (Å²) < 4.78 is 28.3. The van der Waals surface area contributed by atoms with Crippen molar-refractivity contribution in [2.45, 2.75) is 6.92 Å². The molecule has 5 rings (SSSR count). The van der Waals surface area contributed by atoms with Gasteiger partial charge in [0.1, 0.15) is 36.6 Å². The number of para-hydroxylation sites is 1. The molecule has 0 saturated heterocycles. The Morgan fingerprint density at radius 1 is 0.718 bits per heavy atom.